The Morgan fingerprint density at radius 1 is 0.446 bits per heavy atom. The fourth-order valence-electron chi connectivity index (χ4n) is 8.35. The minimum absolute atomic E-state index is 0.645. The number of hydrogen-bond acceptors (Lipinski definition) is 4. The lowest BCUT2D eigenvalue weighted by Crippen LogP contribution is -1.97. The van der Waals surface area contributed by atoms with E-state index in [4.69, 9.17) is 19.4 Å². The molecule has 5 aromatic heterocycles. The molecule has 5 heterocycles. The average molecular weight is 719 g/mol. The van der Waals surface area contributed by atoms with Gasteiger partial charge in [0.05, 0.1) is 16.6 Å². The Kier molecular flexibility index (Phi) is 6.50. The first-order chi connectivity index (χ1) is 27.8. The zero-order chi connectivity index (χ0) is 36.7. The SMILES string of the molecule is c1ccc(-c2nc(-c3cccc(-c4ccc5c(c4)nc4n(-c6ccccc6)c6c7ccccc7n(-c7ccccc7)c6n54)c3)nc3c2oc2ccccc23)cc1. The highest BCUT2D eigenvalue weighted by molar-refractivity contribution is 6.10. The van der Waals surface area contributed by atoms with E-state index in [2.05, 4.69) is 159 Å². The molecule has 7 aromatic carbocycles. The van der Waals surface area contributed by atoms with Gasteiger partial charge in [0.25, 0.3) is 0 Å². The Morgan fingerprint density at radius 3 is 1.89 bits per heavy atom. The number of furan rings is 1. The molecule has 0 aliphatic heterocycles. The summed E-state index contributed by atoms with van der Waals surface area (Å²) < 4.78 is 13.3. The lowest BCUT2D eigenvalue weighted by molar-refractivity contribution is 0.667. The van der Waals surface area contributed by atoms with Crippen LogP contribution in [0, 0.1) is 0 Å². The molecule has 0 spiro atoms. The maximum atomic E-state index is 6.36. The molecule has 0 radical (unpaired) electrons. The zero-order valence-corrected chi connectivity index (χ0v) is 29.9. The molecular weight excluding hydrogens is 689 g/mol. The van der Waals surface area contributed by atoms with Gasteiger partial charge in [-0.05, 0) is 71.8 Å². The molecular formula is C49H30N6O. The van der Waals surface area contributed by atoms with Crippen molar-refractivity contribution < 1.29 is 4.42 Å². The maximum Gasteiger partial charge on any atom is 0.221 e. The summed E-state index contributed by atoms with van der Waals surface area (Å²) in [6, 6.07) is 63.0. The first-order valence-electron chi connectivity index (χ1n) is 18.7. The molecule has 0 unspecified atom stereocenters. The third kappa shape index (κ3) is 4.48. The van der Waals surface area contributed by atoms with Crippen molar-refractivity contribution in [3.63, 3.8) is 0 Å². The molecule has 0 saturated carbocycles. The molecule has 0 N–H and O–H groups in total. The highest BCUT2D eigenvalue weighted by Gasteiger charge is 2.25. The molecule has 0 saturated heterocycles. The molecule has 0 amide bonds. The van der Waals surface area contributed by atoms with Gasteiger partial charge in [-0.3, -0.25) is 13.5 Å². The monoisotopic (exact) mass is 718 g/mol. The van der Waals surface area contributed by atoms with Crippen LogP contribution in [0.15, 0.2) is 186 Å². The number of imidazole rings is 2. The highest BCUT2D eigenvalue weighted by atomic mass is 16.3. The second-order valence-electron chi connectivity index (χ2n) is 14.1. The minimum Gasteiger partial charge on any atom is -0.452 e. The molecule has 12 aromatic rings. The van der Waals surface area contributed by atoms with Crippen LogP contribution in [0.5, 0.6) is 0 Å². The summed E-state index contributed by atoms with van der Waals surface area (Å²) in [5.74, 6) is 1.51. The third-order valence-electron chi connectivity index (χ3n) is 10.8. The lowest BCUT2D eigenvalue weighted by Gasteiger charge is -2.09. The first-order valence-corrected chi connectivity index (χ1v) is 18.7. The lowest BCUT2D eigenvalue weighted by atomic mass is 10.0. The van der Waals surface area contributed by atoms with Gasteiger partial charge in [0.15, 0.2) is 17.1 Å². The summed E-state index contributed by atoms with van der Waals surface area (Å²) in [4.78, 5) is 15.6. The standard InChI is InChI=1S/C49H30N6O/c1-4-15-31(16-5-1)43-46-44(38-24-11-13-26-42(38)56-46)52-47(51-43)34-18-14-17-32(29-34)33-27-28-41-39(30-33)50-49-54(36-21-8-3-9-22-36)45-37-23-10-12-25-40(37)53(48(45)55(41)49)35-19-6-2-7-20-35/h1-30H. The van der Waals surface area contributed by atoms with E-state index in [-0.39, 0.29) is 0 Å². The Hall–Kier alpha value is -7.77. The van der Waals surface area contributed by atoms with Crippen LogP contribution < -0.4 is 0 Å². The van der Waals surface area contributed by atoms with Crippen LogP contribution in [0.2, 0.25) is 0 Å². The minimum atomic E-state index is 0.645. The summed E-state index contributed by atoms with van der Waals surface area (Å²) in [6.07, 6.45) is 0. The van der Waals surface area contributed by atoms with E-state index < -0.39 is 0 Å². The summed E-state index contributed by atoms with van der Waals surface area (Å²) in [5, 5.41) is 2.14. The predicted octanol–water partition coefficient (Wildman–Crippen LogP) is 12.1. The number of benzene rings is 7. The Morgan fingerprint density at radius 2 is 1.09 bits per heavy atom. The normalized spacial score (nSPS) is 11.9. The number of rotatable bonds is 5. The average Bonchev–Trinajstić information content (AvgIpc) is 4.01. The molecule has 7 heteroatoms. The van der Waals surface area contributed by atoms with Crippen LogP contribution >= 0.6 is 0 Å². The van der Waals surface area contributed by atoms with Gasteiger partial charge < -0.3 is 4.42 Å². The van der Waals surface area contributed by atoms with Crippen LogP contribution in [0.4, 0.5) is 0 Å². The summed E-state index contributed by atoms with van der Waals surface area (Å²) in [5.41, 5.74) is 14.5. The fourth-order valence-corrected chi connectivity index (χ4v) is 8.35. The predicted molar refractivity (Wildman–Crippen MR) is 226 cm³/mol. The fraction of sp³-hybridized carbons (Fsp3) is 0. The van der Waals surface area contributed by atoms with Crippen molar-refractivity contribution >= 4 is 60.9 Å². The van der Waals surface area contributed by atoms with Crippen molar-refractivity contribution in [2.45, 2.75) is 0 Å². The van der Waals surface area contributed by atoms with Crippen molar-refractivity contribution in [2.75, 3.05) is 0 Å². The Balaban J connectivity index is 1.07. The highest BCUT2D eigenvalue weighted by Crippen LogP contribution is 2.40. The van der Waals surface area contributed by atoms with Gasteiger partial charge >= 0.3 is 0 Å². The van der Waals surface area contributed by atoms with Gasteiger partial charge in [-0.2, -0.15) is 0 Å². The van der Waals surface area contributed by atoms with Crippen LogP contribution in [0.3, 0.4) is 0 Å². The first kappa shape index (κ1) is 30.7. The smallest absolute Gasteiger partial charge is 0.221 e. The molecule has 0 fully saturated rings. The molecule has 0 atom stereocenters. The van der Waals surface area contributed by atoms with E-state index in [1.54, 1.807) is 0 Å². The molecule has 0 aliphatic carbocycles. The van der Waals surface area contributed by atoms with Crippen LogP contribution in [0.25, 0.3) is 106 Å². The summed E-state index contributed by atoms with van der Waals surface area (Å²) in [6.45, 7) is 0. The van der Waals surface area contributed by atoms with Crippen molar-refractivity contribution in [2.24, 2.45) is 0 Å². The molecule has 0 bridgehead atoms. The van der Waals surface area contributed by atoms with Crippen molar-refractivity contribution in [1.29, 1.82) is 0 Å². The van der Waals surface area contributed by atoms with E-state index in [9.17, 15) is 0 Å². The molecule has 7 nitrogen and oxygen atoms in total. The third-order valence-corrected chi connectivity index (χ3v) is 10.8. The second-order valence-corrected chi connectivity index (χ2v) is 14.1. The number of aromatic nitrogens is 6. The van der Waals surface area contributed by atoms with Gasteiger partial charge in [-0.15, -0.1) is 0 Å². The van der Waals surface area contributed by atoms with Crippen molar-refractivity contribution in [3.8, 4) is 45.1 Å². The van der Waals surface area contributed by atoms with E-state index in [0.717, 1.165) is 89.3 Å². The maximum absolute atomic E-state index is 6.36. The van der Waals surface area contributed by atoms with Crippen molar-refractivity contribution in [1.82, 2.24) is 28.5 Å². The van der Waals surface area contributed by atoms with Gasteiger partial charge in [0.2, 0.25) is 5.78 Å². The van der Waals surface area contributed by atoms with Gasteiger partial charge in [-0.1, -0.05) is 121 Å². The summed E-state index contributed by atoms with van der Waals surface area (Å²) >= 11 is 0. The van der Waals surface area contributed by atoms with Gasteiger partial charge in [0.1, 0.15) is 22.3 Å². The Labute approximate surface area is 320 Å². The zero-order valence-electron chi connectivity index (χ0n) is 29.9. The number of hydrogen-bond donors (Lipinski definition) is 0. The largest absolute Gasteiger partial charge is 0.452 e. The number of nitrogens with zero attached hydrogens (tertiary/aromatic N) is 6. The van der Waals surface area contributed by atoms with E-state index in [0.29, 0.717) is 11.4 Å². The van der Waals surface area contributed by atoms with E-state index in [1.165, 1.54) is 5.39 Å². The number of para-hydroxylation sites is 4. The topological polar surface area (TPSA) is 66.1 Å². The Bertz CT molecular complexity index is 3470. The second kappa shape index (κ2) is 11.9. The van der Waals surface area contributed by atoms with Crippen molar-refractivity contribution in [3.05, 3.63) is 182 Å². The van der Waals surface area contributed by atoms with Crippen LogP contribution in [-0.4, -0.2) is 28.5 Å². The molecule has 0 aliphatic rings. The van der Waals surface area contributed by atoms with E-state index in [1.807, 2.05) is 36.4 Å². The number of fused-ring (bicyclic) bond motifs is 10. The van der Waals surface area contributed by atoms with E-state index >= 15 is 0 Å². The van der Waals surface area contributed by atoms with Crippen LogP contribution in [-0.2, 0) is 0 Å². The quantitative estimate of drug-likeness (QED) is 0.178. The van der Waals surface area contributed by atoms with Crippen LogP contribution in [0.1, 0.15) is 0 Å². The van der Waals surface area contributed by atoms with Gasteiger partial charge in [0, 0.05) is 33.3 Å². The summed E-state index contributed by atoms with van der Waals surface area (Å²) in [7, 11) is 0. The van der Waals surface area contributed by atoms with Gasteiger partial charge in [-0.25, -0.2) is 15.0 Å². The molecule has 12 rings (SSSR count). The molecule has 262 valence electrons. The molecule has 56 heavy (non-hydrogen) atoms.